The van der Waals surface area contributed by atoms with Crippen LogP contribution in [0.3, 0.4) is 0 Å². The van der Waals surface area contributed by atoms with Crippen LogP contribution in [0.2, 0.25) is 0 Å². The van der Waals surface area contributed by atoms with Crippen LogP contribution in [0.1, 0.15) is 0 Å². The molecule has 1 heterocycles. The largest absolute Gasteiger partial charge is 0.363 e. The van der Waals surface area contributed by atoms with Gasteiger partial charge in [0.25, 0.3) is 0 Å². The maximum Gasteiger partial charge on any atom is 0.147 e. The van der Waals surface area contributed by atoms with E-state index in [1.54, 1.807) is 12.5 Å². The standard InChI is InChI=1S/C5H9N3O/c1-8(4-6)5-2-7-9-3-5/h2-3H,4,6H2,1H3. The van der Waals surface area contributed by atoms with Crippen molar-refractivity contribution in [3.63, 3.8) is 0 Å². The van der Waals surface area contributed by atoms with Gasteiger partial charge in [0, 0.05) is 7.05 Å². The van der Waals surface area contributed by atoms with E-state index in [2.05, 4.69) is 9.68 Å². The van der Waals surface area contributed by atoms with Crippen LogP contribution in [-0.2, 0) is 0 Å². The molecule has 2 N–H and O–H groups in total. The third kappa shape index (κ3) is 1.20. The fourth-order valence-electron chi connectivity index (χ4n) is 0.493. The molecule has 0 radical (unpaired) electrons. The van der Waals surface area contributed by atoms with Crippen LogP contribution in [0, 0.1) is 0 Å². The summed E-state index contributed by atoms with van der Waals surface area (Å²) in [6, 6.07) is 0. The van der Waals surface area contributed by atoms with Gasteiger partial charge < -0.3 is 15.2 Å². The molecule has 9 heavy (non-hydrogen) atoms. The average molecular weight is 127 g/mol. The van der Waals surface area contributed by atoms with Crippen LogP contribution in [0.5, 0.6) is 0 Å². The molecule has 0 spiro atoms. The lowest BCUT2D eigenvalue weighted by molar-refractivity contribution is 0.420. The zero-order chi connectivity index (χ0) is 6.69. The number of hydrogen-bond acceptors (Lipinski definition) is 4. The molecule has 4 heteroatoms. The molecule has 0 amide bonds. The summed E-state index contributed by atoms with van der Waals surface area (Å²) in [7, 11) is 1.87. The smallest absolute Gasteiger partial charge is 0.147 e. The van der Waals surface area contributed by atoms with Gasteiger partial charge in [-0.2, -0.15) is 0 Å². The summed E-state index contributed by atoms with van der Waals surface area (Å²) in [5.74, 6) is 0. The first-order valence-electron chi connectivity index (χ1n) is 2.65. The number of nitrogens with zero attached hydrogens (tertiary/aromatic N) is 2. The van der Waals surface area contributed by atoms with Gasteiger partial charge in [0.1, 0.15) is 6.26 Å². The molecular weight excluding hydrogens is 118 g/mol. The zero-order valence-electron chi connectivity index (χ0n) is 5.24. The normalized spacial score (nSPS) is 9.56. The van der Waals surface area contributed by atoms with E-state index in [1.807, 2.05) is 11.9 Å². The topological polar surface area (TPSA) is 55.3 Å². The highest BCUT2D eigenvalue weighted by Crippen LogP contribution is 2.07. The highest BCUT2D eigenvalue weighted by atomic mass is 16.5. The second-order valence-electron chi connectivity index (χ2n) is 1.76. The SMILES string of the molecule is CN(CN)c1cnoc1. The average Bonchev–Trinajstić information content (AvgIpc) is 2.37. The lowest BCUT2D eigenvalue weighted by Gasteiger charge is -2.10. The lowest BCUT2D eigenvalue weighted by Crippen LogP contribution is -2.24. The first kappa shape index (κ1) is 6.10. The molecule has 0 atom stereocenters. The van der Waals surface area contributed by atoms with Gasteiger partial charge in [-0.1, -0.05) is 5.16 Å². The fourth-order valence-corrected chi connectivity index (χ4v) is 0.493. The fraction of sp³-hybridized carbons (Fsp3) is 0.400. The number of nitrogens with two attached hydrogens (primary N) is 1. The Balaban J connectivity index is 2.65. The van der Waals surface area contributed by atoms with E-state index in [4.69, 9.17) is 5.73 Å². The van der Waals surface area contributed by atoms with E-state index in [1.165, 1.54) is 0 Å². The van der Waals surface area contributed by atoms with Gasteiger partial charge in [-0.25, -0.2) is 0 Å². The molecule has 0 unspecified atom stereocenters. The molecule has 0 saturated carbocycles. The van der Waals surface area contributed by atoms with Crippen molar-refractivity contribution in [1.82, 2.24) is 5.16 Å². The Labute approximate surface area is 53.2 Å². The molecule has 0 aliphatic rings. The van der Waals surface area contributed by atoms with Gasteiger partial charge >= 0.3 is 0 Å². The maximum absolute atomic E-state index is 5.32. The van der Waals surface area contributed by atoms with E-state index < -0.39 is 0 Å². The van der Waals surface area contributed by atoms with Crippen molar-refractivity contribution in [1.29, 1.82) is 0 Å². The van der Waals surface area contributed by atoms with Gasteiger partial charge in [0.05, 0.1) is 18.6 Å². The highest BCUT2D eigenvalue weighted by molar-refractivity contribution is 5.38. The van der Waals surface area contributed by atoms with Gasteiger partial charge in [-0.05, 0) is 0 Å². The second kappa shape index (κ2) is 2.50. The molecule has 0 fully saturated rings. The van der Waals surface area contributed by atoms with Crippen molar-refractivity contribution in [2.24, 2.45) is 5.73 Å². The van der Waals surface area contributed by atoms with Gasteiger partial charge in [-0.3, -0.25) is 0 Å². The Kier molecular flexibility index (Phi) is 1.69. The first-order chi connectivity index (χ1) is 4.34. The van der Waals surface area contributed by atoms with E-state index >= 15 is 0 Å². The third-order valence-electron chi connectivity index (χ3n) is 1.13. The summed E-state index contributed by atoms with van der Waals surface area (Å²) in [6.45, 7) is 0.473. The van der Waals surface area contributed by atoms with Crippen molar-refractivity contribution in [3.05, 3.63) is 12.5 Å². The van der Waals surface area contributed by atoms with Gasteiger partial charge in [0.15, 0.2) is 0 Å². The van der Waals surface area contributed by atoms with Crippen LogP contribution >= 0.6 is 0 Å². The molecule has 0 saturated heterocycles. The minimum absolute atomic E-state index is 0.473. The van der Waals surface area contributed by atoms with Crippen LogP contribution in [0.4, 0.5) is 5.69 Å². The van der Waals surface area contributed by atoms with Crippen LogP contribution in [0.25, 0.3) is 0 Å². The molecule has 0 aliphatic carbocycles. The number of rotatable bonds is 2. The minimum atomic E-state index is 0.473. The number of anilines is 1. The zero-order valence-corrected chi connectivity index (χ0v) is 5.24. The van der Waals surface area contributed by atoms with E-state index in [9.17, 15) is 0 Å². The predicted molar refractivity (Wildman–Crippen MR) is 34.0 cm³/mol. The Morgan fingerprint density at radius 3 is 3.11 bits per heavy atom. The quantitative estimate of drug-likeness (QED) is 0.569. The highest BCUT2D eigenvalue weighted by Gasteiger charge is 1.97. The first-order valence-corrected chi connectivity index (χ1v) is 2.65. The van der Waals surface area contributed by atoms with Crippen molar-refractivity contribution in [2.45, 2.75) is 0 Å². The maximum atomic E-state index is 5.32. The minimum Gasteiger partial charge on any atom is -0.363 e. The van der Waals surface area contributed by atoms with Crippen molar-refractivity contribution in [2.75, 3.05) is 18.6 Å². The summed E-state index contributed by atoms with van der Waals surface area (Å²) >= 11 is 0. The summed E-state index contributed by atoms with van der Waals surface area (Å²) in [6.07, 6.45) is 3.17. The van der Waals surface area contributed by atoms with Gasteiger partial charge in [-0.15, -0.1) is 0 Å². The van der Waals surface area contributed by atoms with Crippen LogP contribution in [0.15, 0.2) is 17.0 Å². The van der Waals surface area contributed by atoms with E-state index in [0.717, 1.165) is 5.69 Å². The molecule has 0 bridgehead atoms. The molecule has 1 aromatic rings. The van der Waals surface area contributed by atoms with Crippen molar-refractivity contribution in [3.8, 4) is 0 Å². The Morgan fingerprint density at radius 2 is 2.67 bits per heavy atom. The number of aromatic nitrogens is 1. The molecule has 1 aromatic heterocycles. The third-order valence-corrected chi connectivity index (χ3v) is 1.13. The Hall–Kier alpha value is -1.03. The summed E-state index contributed by atoms with van der Waals surface area (Å²) in [5, 5.41) is 3.52. The van der Waals surface area contributed by atoms with Crippen molar-refractivity contribution >= 4 is 5.69 Å². The molecule has 1 rings (SSSR count). The second-order valence-corrected chi connectivity index (χ2v) is 1.76. The molecule has 50 valence electrons. The van der Waals surface area contributed by atoms with Crippen LogP contribution < -0.4 is 10.6 Å². The molecular formula is C5H9N3O. The number of hydrogen-bond donors (Lipinski definition) is 1. The molecule has 4 nitrogen and oxygen atoms in total. The summed E-state index contributed by atoms with van der Waals surface area (Å²) in [4.78, 5) is 1.83. The molecule has 0 aliphatic heterocycles. The summed E-state index contributed by atoms with van der Waals surface area (Å²) < 4.78 is 4.59. The monoisotopic (exact) mass is 127 g/mol. The van der Waals surface area contributed by atoms with E-state index in [0.29, 0.717) is 6.67 Å². The Bertz CT molecular complexity index is 161. The van der Waals surface area contributed by atoms with Gasteiger partial charge in [0.2, 0.25) is 0 Å². The van der Waals surface area contributed by atoms with E-state index in [-0.39, 0.29) is 0 Å². The lowest BCUT2D eigenvalue weighted by atomic mass is 10.5. The van der Waals surface area contributed by atoms with Crippen molar-refractivity contribution < 1.29 is 4.52 Å². The molecule has 0 aromatic carbocycles. The summed E-state index contributed by atoms with van der Waals surface area (Å²) in [5.41, 5.74) is 6.22. The Morgan fingerprint density at radius 1 is 1.89 bits per heavy atom. The predicted octanol–water partition coefficient (Wildman–Crippen LogP) is 0.0270. The van der Waals surface area contributed by atoms with Crippen LogP contribution in [-0.4, -0.2) is 18.9 Å².